The Labute approximate surface area is 115 Å². The minimum Gasteiger partial charge on any atom is -0.465 e. The van der Waals surface area contributed by atoms with Crippen LogP contribution in [-0.4, -0.2) is 13.1 Å². The average Bonchev–Trinajstić information content (AvgIpc) is 2.45. The lowest BCUT2D eigenvalue weighted by Crippen LogP contribution is -2.02. The molecular weight excluding hydrogens is 260 g/mol. The highest BCUT2D eigenvalue weighted by molar-refractivity contribution is 6.32. The number of fused-ring (bicyclic) bond motifs is 3. The molecule has 0 bridgehead atoms. The molecule has 0 atom stereocenters. The molecule has 94 valence electrons. The molecule has 0 saturated heterocycles. The molecule has 3 rings (SSSR count). The van der Waals surface area contributed by atoms with E-state index in [1.54, 1.807) is 6.07 Å². The summed E-state index contributed by atoms with van der Waals surface area (Å²) in [7, 11) is 1.38. The second kappa shape index (κ2) is 4.56. The summed E-state index contributed by atoms with van der Waals surface area (Å²) in [4.78, 5) is 11.9. The summed E-state index contributed by atoms with van der Waals surface area (Å²) in [5.74, 6) is -0.349. The highest BCUT2D eigenvalue weighted by Gasteiger charge is 2.13. The molecule has 3 aromatic rings. The number of esters is 1. The van der Waals surface area contributed by atoms with Crippen LogP contribution in [-0.2, 0) is 4.74 Å². The van der Waals surface area contributed by atoms with Gasteiger partial charge in [0.05, 0.1) is 12.7 Å². The van der Waals surface area contributed by atoms with Gasteiger partial charge in [0.15, 0.2) is 0 Å². The van der Waals surface area contributed by atoms with Crippen molar-refractivity contribution >= 4 is 39.1 Å². The molecule has 0 aliphatic rings. The molecule has 0 saturated carbocycles. The predicted molar refractivity (Wildman–Crippen MR) is 77.8 cm³/mol. The molecule has 0 heterocycles. The van der Waals surface area contributed by atoms with E-state index in [-0.39, 0.29) is 5.97 Å². The Kier molecular flexibility index (Phi) is 2.88. The van der Waals surface area contributed by atoms with E-state index in [0.29, 0.717) is 10.6 Å². The van der Waals surface area contributed by atoms with Gasteiger partial charge in [-0.05, 0) is 39.7 Å². The zero-order chi connectivity index (χ0) is 13.4. The van der Waals surface area contributed by atoms with Gasteiger partial charge in [0, 0.05) is 5.02 Å². The van der Waals surface area contributed by atoms with Crippen LogP contribution in [0.2, 0.25) is 5.02 Å². The number of hydrogen-bond donors (Lipinski definition) is 0. The van der Waals surface area contributed by atoms with Crippen LogP contribution in [0.5, 0.6) is 0 Å². The number of methoxy groups -OCH3 is 1. The van der Waals surface area contributed by atoms with Crippen LogP contribution < -0.4 is 0 Å². The van der Waals surface area contributed by atoms with Crippen molar-refractivity contribution in [1.82, 2.24) is 0 Å². The zero-order valence-corrected chi connectivity index (χ0v) is 11.1. The molecule has 0 aromatic heterocycles. The zero-order valence-electron chi connectivity index (χ0n) is 10.3. The first-order valence-electron chi connectivity index (χ1n) is 5.90. The van der Waals surface area contributed by atoms with Gasteiger partial charge in [-0.3, -0.25) is 0 Å². The molecule has 0 aliphatic carbocycles. The smallest absolute Gasteiger partial charge is 0.338 e. The normalized spacial score (nSPS) is 10.8. The highest BCUT2D eigenvalue weighted by Crippen LogP contribution is 2.31. The van der Waals surface area contributed by atoms with Crippen LogP contribution in [0.3, 0.4) is 0 Å². The van der Waals surface area contributed by atoms with E-state index in [0.717, 1.165) is 21.5 Å². The quantitative estimate of drug-likeness (QED) is 0.483. The van der Waals surface area contributed by atoms with Crippen molar-refractivity contribution in [1.29, 1.82) is 0 Å². The lowest BCUT2D eigenvalue weighted by atomic mass is 9.97. The molecule has 0 fully saturated rings. The number of halogens is 1. The molecular formula is C16H11ClO2. The Bertz CT molecular complexity index is 793. The molecule has 3 aromatic carbocycles. The monoisotopic (exact) mass is 270 g/mol. The van der Waals surface area contributed by atoms with Crippen LogP contribution in [0.25, 0.3) is 21.5 Å². The molecule has 19 heavy (non-hydrogen) atoms. The van der Waals surface area contributed by atoms with Gasteiger partial charge in [-0.2, -0.15) is 0 Å². The minimum absolute atomic E-state index is 0.349. The summed E-state index contributed by atoms with van der Waals surface area (Å²) in [6.45, 7) is 0. The number of ether oxygens (including phenoxy) is 1. The summed E-state index contributed by atoms with van der Waals surface area (Å²) in [5, 5.41) is 4.54. The molecule has 0 unspecified atom stereocenters. The Morgan fingerprint density at radius 3 is 2.58 bits per heavy atom. The Balaban J connectivity index is 2.51. The molecule has 3 heteroatoms. The SMILES string of the molecule is COC(=O)c1cc2ccccc2c2ccc(Cl)cc12. The fraction of sp³-hybridized carbons (Fsp3) is 0.0625. The molecule has 0 N–H and O–H groups in total. The first-order chi connectivity index (χ1) is 9.20. The maximum absolute atomic E-state index is 11.9. The van der Waals surface area contributed by atoms with Crippen LogP contribution >= 0.6 is 11.6 Å². The van der Waals surface area contributed by atoms with E-state index in [9.17, 15) is 4.79 Å². The molecule has 0 radical (unpaired) electrons. The lowest BCUT2D eigenvalue weighted by Gasteiger charge is -2.09. The predicted octanol–water partition coefficient (Wildman–Crippen LogP) is 4.43. The maximum atomic E-state index is 11.9. The second-order valence-electron chi connectivity index (χ2n) is 4.33. The van der Waals surface area contributed by atoms with Crippen molar-refractivity contribution in [3.8, 4) is 0 Å². The molecule has 2 nitrogen and oxygen atoms in total. The molecule has 0 amide bonds. The van der Waals surface area contributed by atoms with Crippen LogP contribution in [0.15, 0.2) is 48.5 Å². The third kappa shape index (κ3) is 1.94. The first-order valence-corrected chi connectivity index (χ1v) is 6.28. The lowest BCUT2D eigenvalue weighted by molar-refractivity contribution is 0.0603. The van der Waals surface area contributed by atoms with Crippen LogP contribution in [0.4, 0.5) is 0 Å². The average molecular weight is 271 g/mol. The van der Waals surface area contributed by atoms with Crippen molar-refractivity contribution in [2.45, 2.75) is 0 Å². The van der Waals surface area contributed by atoms with Crippen molar-refractivity contribution in [3.63, 3.8) is 0 Å². The van der Waals surface area contributed by atoms with Gasteiger partial charge in [-0.25, -0.2) is 4.79 Å². The fourth-order valence-electron chi connectivity index (χ4n) is 2.35. The Hall–Kier alpha value is -2.06. The first kappa shape index (κ1) is 12.0. The number of hydrogen-bond acceptors (Lipinski definition) is 2. The fourth-order valence-corrected chi connectivity index (χ4v) is 2.53. The summed E-state index contributed by atoms with van der Waals surface area (Å²) in [6.07, 6.45) is 0. The Morgan fingerprint density at radius 1 is 1.00 bits per heavy atom. The third-order valence-corrected chi connectivity index (χ3v) is 3.46. The highest BCUT2D eigenvalue weighted by atomic mass is 35.5. The number of carbonyl (C=O) groups is 1. The standard InChI is InChI=1S/C16H11ClO2/c1-19-16(18)15-8-10-4-2-3-5-12(10)13-7-6-11(17)9-14(13)15/h2-9H,1H3. The summed E-state index contributed by atoms with van der Waals surface area (Å²) in [6, 6.07) is 15.4. The van der Waals surface area contributed by atoms with E-state index in [4.69, 9.17) is 16.3 Å². The van der Waals surface area contributed by atoms with E-state index >= 15 is 0 Å². The largest absolute Gasteiger partial charge is 0.465 e. The van der Waals surface area contributed by atoms with Crippen molar-refractivity contribution in [2.24, 2.45) is 0 Å². The number of carbonyl (C=O) groups excluding carboxylic acids is 1. The number of rotatable bonds is 1. The van der Waals surface area contributed by atoms with Gasteiger partial charge in [-0.1, -0.05) is 41.9 Å². The third-order valence-electron chi connectivity index (χ3n) is 3.23. The van der Waals surface area contributed by atoms with Gasteiger partial charge in [0.1, 0.15) is 0 Å². The minimum atomic E-state index is -0.349. The summed E-state index contributed by atoms with van der Waals surface area (Å²) < 4.78 is 4.85. The van der Waals surface area contributed by atoms with E-state index in [1.165, 1.54) is 7.11 Å². The maximum Gasteiger partial charge on any atom is 0.338 e. The van der Waals surface area contributed by atoms with Gasteiger partial charge in [-0.15, -0.1) is 0 Å². The van der Waals surface area contributed by atoms with Crippen molar-refractivity contribution in [2.75, 3.05) is 7.11 Å². The number of benzene rings is 3. The van der Waals surface area contributed by atoms with E-state index in [1.807, 2.05) is 42.5 Å². The van der Waals surface area contributed by atoms with Gasteiger partial charge < -0.3 is 4.74 Å². The summed E-state index contributed by atoms with van der Waals surface area (Å²) >= 11 is 6.04. The molecule has 0 spiro atoms. The van der Waals surface area contributed by atoms with E-state index in [2.05, 4.69) is 0 Å². The van der Waals surface area contributed by atoms with Gasteiger partial charge >= 0.3 is 5.97 Å². The van der Waals surface area contributed by atoms with Crippen molar-refractivity contribution < 1.29 is 9.53 Å². The van der Waals surface area contributed by atoms with Crippen LogP contribution in [0.1, 0.15) is 10.4 Å². The second-order valence-corrected chi connectivity index (χ2v) is 4.76. The summed E-state index contributed by atoms with van der Waals surface area (Å²) in [5.41, 5.74) is 0.540. The van der Waals surface area contributed by atoms with Gasteiger partial charge in [0.25, 0.3) is 0 Å². The van der Waals surface area contributed by atoms with Gasteiger partial charge in [0.2, 0.25) is 0 Å². The van der Waals surface area contributed by atoms with Crippen LogP contribution in [0, 0.1) is 0 Å². The Morgan fingerprint density at radius 2 is 1.79 bits per heavy atom. The van der Waals surface area contributed by atoms with Crippen molar-refractivity contribution in [3.05, 3.63) is 59.1 Å². The topological polar surface area (TPSA) is 26.3 Å². The molecule has 0 aliphatic heterocycles. The van der Waals surface area contributed by atoms with E-state index < -0.39 is 0 Å².